The Morgan fingerprint density at radius 1 is 1.20 bits per heavy atom. The monoisotopic (exact) mass is 348 g/mol. The van der Waals surface area contributed by atoms with E-state index in [1.165, 1.54) is 6.92 Å². The van der Waals surface area contributed by atoms with Crippen molar-refractivity contribution in [3.05, 3.63) is 36.0 Å². The van der Waals surface area contributed by atoms with Crippen molar-refractivity contribution < 1.29 is 19.8 Å². The Hall–Kier alpha value is -1.89. The highest BCUT2D eigenvalue weighted by Gasteiger charge is 2.29. The van der Waals surface area contributed by atoms with E-state index in [2.05, 4.69) is 16.2 Å². The maximum Gasteiger partial charge on any atom is 0.124 e. The normalized spacial score (nSPS) is 16.2. The summed E-state index contributed by atoms with van der Waals surface area (Å²) in [6.45, 7) is 5.81. The predicted octanol–water partition coefficient (Wildman–Crippen LogP) is 2.50. The Morgan fingerprint density at radius 2 is 1.92 bits per heavy atom. The van der Waals surface area contributed by atoms with Crippen LogP contribution in [-0.2, 0) is 16.0 Å². The van der Waals surface area contributed by atoms with Gasteiger partial charge in [-0.1, -0.05) is 37.2 Å². The van der Waals surface area contributed by atoms with Crippen molar-refractivity contribution in [3.8, 4) is 0 Å². The molecule has 6 heteroatoms. The fourth-order valence-electron chi connectivity index (χ4n) is 2.87. The van der Waals surface area contributed by atoms with Crippen LogP contribution in [0.15, 0.2) is 35.6 Å². The number of H-pyrrole nitrogens is 1. The number of fused-ring (bicyclic) bond motifs is 1. The average Bonchev–Trinajstić information content (AvgIpc) is 2.99. The first kappa shape index (κ1) is 19.4. The van der Waals surface area contributed by atoms with Gasteiger partial charge in [0.05, 0.1) is 6.10 Å². The second-order valence-electron chi connectivity index (χ2n) is 6.54. The topological polar surface area (TPSA) is 87.1 Å². The lowest BCUT2D eigenvalue weighted by molar-refractivity contribution is 0.0445. The van der Waals surface area contributed by atoms with Crippen LogP contribution in [-0.4, -0.2) is 52.9 Å². The molecule has 0 aliphatic heterocycles. The van der Waals surface area contributed by atoms with Crippen LogP contribution < -0.4 is 0 Å². The van der Waals surface area contributed by atoms with Crippen LogP contribution in [0.25, 0.3) is 10.9 Å². The molecular weight excluding hydrogens is 320 g/mol. The summed E-state index contributed by atoms with van der Waals surface area (Å²) in [5.74, 6) is 0.0920. The lowest BCUT2D eigenvalue weighted by Crippen LogP contribution is -2.42. The molecule has 0 unspecified atom stereocenters. The molecule has 3 atom stereocenters. The summed E-state index contributed by atoms with van der Waals surface area (Å²) in [5.41, 5.74) is 2.55. The van der Waals surface area contributed by atoms with E-state index < -0.39 is 18.3 Å². The van der Waals surface area contributed by atoms with Gasteiger partial charge in [-0.3, -0.25) is 0 Å². The molecule has 2 aromatic rings. The third-order valence-electron chi connectivity index (χ3n) is 4.22. The van der Waals surface area contributed by atoms with Crippen molar-refractivity contribution in [3.63, 3.8) is 0 Å². The molecular formula is C19H28N2O4. The quantitative estimate of drug-likeness (QED) is 0.369. The van der Waals surface area contributed by atoms with E-state index in [9.17, 15) is 10.2 Å². The summed E-state index contributed by atoms with van der Waals surface area (Å²) in [5, 5.41) is 25.2. The van der Waals surface area contributed by atoms with Gasteiger partial charge >= 0.3 is 0 Å². The van der Waals surface area contributed by atoms with Crippen molar-refractivity contribution >= 4 is 16.6 Å². The van der Waals surface area contributed by atoms with Crippen LogP contribution in [0.4, 0.5) is 0 Å². The summed E-state index contributed by atoms with van der Waals surface area (Å²) < 4.78 is 5.42. The Bertz CT molecular complexity index is 694. The smallest absolute Gasteiger partial charge is 0.124 e. The van der Waals surface area contributed by atoms with Gasteiger partial charge in [-0.25, -0.2) is 0 Å². The molecule has 1 aromatic carbocycles. The molecule has 0 amide bonds. The minimum atomic E-state index is -1.12. The molecule has 0 radical (unpaired) electrons. The number of ether oxygens (including phenoxy) is 1. The molecule has 0 bridgehead atoms. The summed E-state index contributed by atoms with van der Waals surface area (Å²) in [6.07, 6.45) is 0.158. The highest BCUT2D eigenvalue weighted by molar-refractivity contribution is 5.92. The number of para-hydroxylation sites is 1. The second-order valence-corrected chi connectivity index (χ2v) is 6.54. The number of hydrogen-bond acceptors (Lipinski definition) is 5. The summed E-state index contributed by atoms with van der Waals surface area (Å²) in [4.78, 5) is 8.67. The number of rotatable bonds is 9. The van der Waals surface area contributed by atoms with Crippen molar-refractivity contribution in [1.29, 1.82) is 0 Å². The minimum absolute atomic E-state index is 0.0920. The van der Waals surface area contributed by atoms with Gasteiger partial charge in [0, 0.05) is 30.6 Å². The number of benzene rings is 1. The van der Waals surface area contributed by atoms with Crippen LogP contribution in [0.2, 0.25) is 0 Å². The fourth-order valence-corrected chi connectivity index (χ4v) is 2.87. The highest BCUT2D eigenvalue weighted by atomic mass is 16.6. The lowest BCUT2D eigenvalue weighted by Gasteiger charge is -2.25. The van der Waals surface area contributed by atoms with Gasteiger partial charge < -0.3 is 24.8 Å². The first-order chi connectivity index (χ1) is 12.0. The van der Waals surface area contributed by atoms with Gasteiger partial charge in [0.1, 0.15) is 24.5 Å². The molecule has 0 fully saturated rings. The first-order valence-electron chi connectivity index (χ1n) is 8.59. The molecule has 6 nitrogen and oxygen atoms in total. The van der Waals surface area contributed by atoms with E-state index in [4.69, 9.17) is 9.57 Å². The third-order valence-corrected chi connectivity index (χ3v) is 4.22. The maximum atomic E-state index is 10.2. The van der Waals surface area contributed by atoms with Crippen LogP contribution in [0.5, 0.6) is 0 Å². The van der Waals surface area contributed by atoms with Crippen molar-refractivity contribution in [2.24, 2.45) is 11.1 Å². The van der Waals surface area contributed by atoms with E-state index in [1.807, 2.05) is 38.2 Å². The second kappa shape index (κ2) is 8.99. The van der Waals surface area contributed by atoms with Gasteiger partial charge in [-0.15, -0.1) is 0 Å². The van der Waals surface area contributed by atoms with Crippen LogP contribution in [0.3, 0.4) is 0 Å². The number of aromatic amines is 1. The highest BCUT2D eigenvalue weighted by Crippen LogP contribution is 2.18. The Kier molecular flexibility index (Phi) is 6.99. The number of oxime groups is 1. The molecule has 0 aliphatic rings. The zero-order valence-electron chi connectivity index (χ0n) is 15.3. The SMILES string of the molecule is CO[C@H](/C(=N/OCCc1c[nH]c2ccccc12)[C@@H](O)[C@@H](C)O)C(C)C. The molecule has 25 heavy (non-hydrogen) atoms. The standard InChI is InChI=1S/C19H28N2O4/c1-12(2)19(24-4)17(18(23)13(3)22)21-25-10-9-14-11-20-16-8-6-5-7-15(14)16/h5-8,11-13,18-20,22-23H,9-10H2,1-4H3/b21-17+/t13-,18+,19+/m1/s1. The Labute approximate surface area is 148 Å². The minimum Gasteiger partial charge on any atom is -0.395 e. The number of aliphatic hydroxyl groups excluding tert-OH is 2. The molecule has 1 aromatic heterocycles. The Morgan fingerprint density at radius 3 is 2.56 bits per heavy atom. The maximum absolute atomic E-state index is 10.2. The van der Waals surface area contributed by atoms with Gasteiger partial charge in [0.2, 0.25) is 0 Å². The first-order valence-corrected chi connectivity index (χ1v) is 8.59. The molecule has 138 valence electrons. The molecule has 2 rings (SSSR count). The van der Waals surface area contributed by atoms with Crippen LogP contribution in [0, 0.1) is 5.92 Å². The molecule has 1 heterocycles. The van der Waals surface area contributed by atoms with Crippen LogP contribution in [0.1, 0.15) is 26.3 Å². The third kappa shape index (κ3) is 4.81. The van der Waals surface area contributed by atoms with Gasteiger partial charge in [0.25, 0.3) is 0 Å². The number of hydrogen-bond donors (Lipinski definition) is 3. The van der Waals surface area contributed by atoms with Gasteiger partial charge in [-0.2, -0.15) is 0 Å². The van der Waals surface area contributed by atoms with E-state index in [1.54, 1.807) is 7.11 Å². The van der Waals surface area contributed by atoms with Gasteiger partial charge in [0.15, 0.2) is 0 Å². The zero-order valence-corrected chi connectivity index (χ0v) is 15.3. The van der Waals surface area contributed by atoms with Crippen molar-refractivity contribution in [2.75, 3.05) is 13.7 Å². The number of methoxy groups -OCH3 is 1. The molecule has 0 saturated heterocycles. The molecule has 0 aliphatic carbocycles. The number of aliphatic hydroxyl groups is 2. The Balaban J connectivity index is 2.05. The van der Waals surface area contributed by atoms with E-state index >= 15 is 0 Å². The number of nitrogens with zero attached hydrogens (tertiary/aromatic N) is 1. The lowest BCUT2D eigenvalue weighted by atomic mass is 9.96. The van der Waals surface area contributed by atoms with E-state index in [-0.39, 0.29) is 5.92 Å². The molecule has 0 spiro atoms. The van der Waals surface area contributed by atoms with Gasteiger partial charge in [-0.05, 0) is 24.5 Å². The largest absolute Gasteiger partial charge is 0.395 e. The number of aromatic nitrogens is 1. The van der Waals surface area contributed by atoms with Crippen LogP contribution >= 0.6 is 0 Å². The zero-order chi connectivity index (χ0) is 18.4. The molecule has 0 saturated carbocycles. The summed E-state index contributed by atoms with van der Waals surface area (Å²) >= 11 is 0. The van der Waals surface area contributed by atoms with Crippen molar-refractivity contribution in [1.82, 2.24) is 4.98 Å². The average molecular weight is 348 g/mol. The fraction of sp³-hybridized carbons (Fsp3) is 0.526. The summed E-state index contributed by atoms with van der Waals surface area (Å²) in [6, 6.07) is 8.08. The van der Waals surface area contributed by atoms with E-state index in [0.717, 1.165) is 16.5 Å². The predicted molar refractivity (Wildman–Crippen MR) is 98.7 cm³/mol. The van der Waals surface area contributed by atoms with Crippen molar-refractivity contribution in [2.45, 2.75) is 45.5 Å². The number of nitrogens with one attached hydrogen (secondary N) is 1. The molecule has 3 N–H and O–H groups in total. The summed E-state index contributed by atoms with van der Waals surface area (Å²) in [7, 11) is 1.56. The van der Waals surface area contributed by atoms with E-state index in [0.29, 0.717) is 18.7 Å².